The molecule has 3 rings (SSSR count). The summed E-state index contributed by atoms with van der Waals surface area (Å²) in [7, 11) is 1.49. The first kappa shape index (κ1) is 13.1. The number of benzene rings is 1. The molecule has 1 unspecified atom stereocenters. The molecule has 1 aliphatic rings. The number of hydrogen-bond donors (Lipinski definition) is 1. The highest BCUT2D eigenvalue weighted by atomic mass is 19.1. The first-order valence-corrected chi connectivity index (χ1v) is 6.71. The van der Waals surface area contributed by atoms with Gasteiger partial charge in [0, 0.05) is 19.6 Å². The summed E-state index contributed by atoms with van der Waals surface area (Å²) in [6, 6.07) is 4.43. The summed E-state index contributed by atoms with van der Waals surface area (Å²) >= 11 is 0. The van der Waals surface area contributed by atoms with Crippen LogP contribution in [0.5, 0.6) is 0 Å². The zero-order valence-corrected chi connectivity index (χ0v) is 11.2. The van der Waals surface area contributed by atoms with E-state index in [0.717, 1.165) is 19.4 Å². The molecule has 1 saturated heterocycles. The first-order valence-electron chi connectivity index (χ1n) is 6.71. The zero-order chi connectivity index (χ0) is 14.3. The summed E-state index contributed by atoms with van der Waals surface area (Å²) in [4.78, 5) is 24.7. The largest absolute Gasteiger partial charge is 0.331 e. The van der Waals surface area contributed by atoms with Crippen molar-refractivity contribution < 1.29 is 4.39 Å². The molecule has 0 amide bonds. The van der Waals surface area contributed by atoms with Gasteiger partial charge in [0.2, 0.25) is 0 Å². The number of aryl methyl sites for hydroxylation is 1. The standard InChI is InChI=1S/C14H16FN3O2/c1-17-12-10(5-2-6-11(12)15)13(19)18(14(17)20)8-9-4-3-7-16-9/h2,5-6,9,16H,3-4,7-8H2,1H3. The SMILES string of the molecule is Cn1c(=O)n(CC2CCCN2)c(=O)c2cccc(F)c21. The van der Waals surface area contributed by atoms with Crippen LogP contribution in [-0.2, 0) is 13.6 Å². The molecule has 1 N–H and O–H groups in total. The van der Waals surface area contributed by atoms with E-state index in [0.29, 0.717) is 6.54 Å². The normalized spacial score (nSPS) is 18.8. The number of nitrogens with one attached hydrogen (secondary N) is 1. The van der Waals surface area contributed by atoms with Crippen molar-refractivity contribution in [2.45, 2.75) is 25.4 Å². The van der Waals surface area contributed by atoms with Gasteiger partial charge in [-0.2, -0.15) is 0 Å². The number of halogens is 1. The molecule has 0 bridgehead atoms. The van der Waals surface area contributed by atoms with Gasteiger partial charge < -0.3 is 5.32 Å². The highest BCUT2D eigenvalue weighted by Gasteiger charge is 2.19. The second kappa shape index (κ2) is 4.86. The van der Waals surface area contributed by atoms with Crippen molar-refractivity contribution in [3.63, 3.8) is 0 Å². The van der Waals surface area contributed by atoms with Gasteiger partial charge in [-0.1, -0.05) is 6.07 Å². The molecule has 0 aliphatic carbocycles. The average Bonchev–Trinajstić information content (AvgIpc) is 2.94. The number of para-hydroxylation sites is 1. The molecule has 1 aromatic carbocycles. The van der Waals surface area contributed by atoms with Crippen LogP contribution in [0.1, 0.15) is 12.8 Å². The lowest BCUT2D eigenvalue weighted by Crippen LogP contribution is -2.43. The average molecular weight is 277 g/mol. The number of aromatic nitrogens is 2. The van der Waals surface area contributed by atoms with Gasteiger partial charge in [-0.3, -0.25) is 13.9 Å². The fraction of sp³-hybridized carbons (Fsp3) is 0.429. The highest BCUT2D eigenvalue weighted by molar-refractivity contribution is 5.78. The Labute approximate surface area is 114 Å². The molecule has 1 fully saturated rings. The quantitative estimate of drug-likeness (QED) is 0.874. The minimum Gasteiger partial charge on any atom is -0.312 e. The van der Waals surface area contributed by atoms with Crippen LogP contribution >= 0.6 is 0 Å². The fourth-order valence-corrected chi connectivity index (χ4v) is 2.83. The van der Waals surface area contributed by atoms with Crippen molar-refractivity contribution in [1.82, 2.24) is 14.5 Å². The summed E-state index contributed by atoms with van der Waals surface area (Å²) in [6.07, 6.45) is 1.98. The Morgan fingerprint density at radius 1 is 1.40 bits per heavy atom. The maximum atomic E-state index is 13.8. The van der Waals surface area contributed by atoms with Crippen LogP contribution in [0.15, 0.2) is 27.8 Å². The summed E-state index contributed by atoms with van der Waals surface area (Å²) in [5.41, 5.74) is -0.823. The van der Waals surface area contributed by atoms with Gasteiger partial charge in [0.25, 0.3) is 5.56 Å². The third-order valence-electron chi connectivity index (χ3n) is 3.88. The van der Waals surface area contributed by atoms with Crippen LogP contribution in [0.3, 0.4) is 0 Å². The van der Waals surface area contributed by atoms with Crippen molar-refractivity contribution in [1.29, 1.82) is 0 Å². The minimum atomic E-state index is -0.551. The molecule has 6 heteroatoms. The maximum Gasteiger partial charge on any atom is 0.331 e. The van der Waals surface area contributed by atoms with E-state index in [-0.39, 0.29) is 16.9 Å². The summed E-state index contributed by atoms with van der Waals surface area (Å²) in [5, 5.41) is 3.50. The predicted octanol–water partition coefficient (Wildman–Crippen LogP) is 0.591. The monoisotopic (exact) mass is 277 g/mol. The van der Waals surface area contributed by atoms with E-state index in [1.54, 1.807) is 6.07 Å². The van der Waals surface area contributed by atoms with Crippen molar-refractivity contribution in [2.75, 3.05) is 6.54 Å². The van der Waals surface area contributed by atoms with E-state index in [1.807, 2.05) is 0 Å². The molecule has 1 aromatic heterocycles. The summed E-state index contributed by atoms with van der Waals surface area (Å²) < 4.78 is 16.2. The molecule has 5 nitrogen and oxygen atoms in total. The molecule has 0 radical (unpaired) electrons. The molecular formula is C14H16FN3O2. The van der Waals surface area contributed by atoms with E-state index < -0.39 is 17.1 Å². The van der Waals surface area contributed by atoms with Crippen LogP contribution in [0.25, 0.3) is 10.9 Å². The Morgan fingerprint density at radius 3 is 2.90 bits per heavy atom. The third kappa shape index (κ3) is 1.96. The second-order valence-electron chi connectivity index (χ2n) is 5.19. The smallest absolute Gasteiger partial charge is 0.312 e. The van der Waals surface area contributed by atoms with Gasteiger partial charge in [0.1, 0.15) is 5.82 Å². The van der Waals surface area contributed by atoms with Gasteiger partial charge in [0.05, 0.1) is 10.9 Å². The molecule has 1 aliphatic heterocycles. The summed E-state index contributed by atoms with van der Waals surface area (Å²) in [6.45, 7) is 1.24. The Bertz CT molecular complexity index is 772. The van der Waals surface area contributed by atoms with Crippen LogP contribution in [0.2, 0.25) is 0 Å². The van der Waals surface area contributed by atoms with Gasteiger partial charge in [0.15, 0.2) is 0 Å². The third-order valence-corrected chi connectivity index (χ3v) is 3.88. The zero-order valence-electron chi connectivity index (χ0n) is 11.2. The van der Waals surface area contributed by atoms with Gasteiger partial charge >= 0.3 is 5.69 Å². The number of rotatable bonds is 2. The Hall–Kier alpha value is -1.95. The van der Waals surface area contributed by atoms with E-state index in [1.165, 1.54) is 28.3 Å². The molecular weight excluding hydrogens is 261 g/mol. The number of hydrogen-bond acceptors (Lipinski definition) is 3. The fourth-order valence-electron chi connectivity index (χ4n) is 2.83. The number of fused-ring (bicyclic) bond motifs is 1. The van der Waals surface area contributed by atoms with E-state index in [4.69, 9.17) is 0 Å². The van der Waals surface area contributed by atoms with Crippen molar-refractivity contribution >= 4 is 10.9 Å². The molecule has 2 heterocycles. The second-order valence-corrected chi connectivity index (χ2v) is 5.19. The minimum absolute atomic E-state index is 0.0677. The van der Waals surface area contributed by atoms with Gasteiger partial charge in [-0.05, 0) is 31.5 Å². The van der Waals surface area contributed by atoms with E-state index >= 15 is 0 Å². The van der Waals surface area contributed by atoms with Gasteiger partial charge in [-0.15, -0.1) is 0 Å². The predicted molar refractivity (Wildman–Crippen MR) is 74.4 cm³/mol. The Balaban J connectivity index is 2.23. The first-order chi connectivity index (χ1) is 9.59. The van der Waals surface area contributed by atoms with Crippen LogP contribution in [0.4, 0.5) is 4.39 Å². The highest BCUT2D eigenvalue weighted by Crippen LogP contribution is 2.12. The van der Waals surface area contributed by atoms with Crippen molar-refractivity contribution in [2.24, 2.45) is 7.05 Å². The Kier molecular flexibility index (Phi) is 3.17. The number of nitrogens with zero attached hydrogens (tertiary/aromatic N) is 2. The molecule has 1 atom stereocenters. The topological polar surface area (TPSA) is 56.0 Å². The maximum absolute atomic E-state index is 13.8. The lowest BCUT2D eigenvalue weighted by molar-refractivity contribution is 0.477. The lowest BCUT2D eigenvalue weighted by atomic mass is 10.2. The van der Waals surface area contributed by atoms with Gasteiger partial charge in [-0.25, -0.2) is 9.18 Å². The molecule has 2 aromatic rings. The van der Waals surface area contributed by atoms with E-state index in [9.17, 15) is 14.0 Å². The van der Waals surface area contributed by atoms with Crippen molar-refractivity contribution in [3.8, 4) is 0 Å². The van der Waals surface area contributed by atoms with Crippen LogP contribution in [-0.4, -0.2) is 21.7 Å². The molecule has 106 valence electrons. The van der Waals surface area contributed by atoms with E-state index in [2.05, 4.69) is 5.32 Å². The molecule has 0 saturated carbocycles. The Morgan fingerprint density at radius 2 is 2.20 bits per heavy atom. The molecule has 0 spiro atoms. The summed E-state index contributed by atoms with van der Waals surface area (Å²) in [5.74, 6) is -0.551. The van der Waals surface area contributed by atoms with Crippen LogP contribution in [0, 0.1) is 5.82 Å². The lowest BCUT2D eigenvalue weighted by Gasteiger charge is -2.14. The van der Waals surface area contributed by atoms with Crippen molar-refractivity contribution in [3.05, 3.63) is 44.9 Å². The molecule has 20 heavy (non-hydrogen) atoms. The van der Waals surface area contributed by atoms with Crippen LogP contribution < -0.4 is 16.6 Å².